The predicted molar refractivity (Wildman–Crippen MR) is 180 cm³/mol. The molecule has 0 saturated carbocycles. The lowest BCUT2D eigenvalue weighted by atomic mass is 10.0. The van der Waals surface area contributed by atoms with Crippen LogP contribution in [0.25, 0.3) is 10.1 Å². The number of methoxy groups -OCH3 is 2. The SMILES string of the molecule is COC(=O)c1cc2cc(NC(=O)c3cc(NC(=O)CCCOc4cc5c(cc4OC)C(=O)N4CCCC[C@H]4CN5)cn3C)ccc2s1. The molecule has 1 saturated heterocycles. The highest BCUT2D eigenvalue weighted by Gasteiger charge is 2.32. The normalized spacial score (nSPS) is 15.6. The van der Waals surface area contributed by atoms with Gasteiger partial charge in [0.25, 0.3) is 11.8 Å². The van der Waals surface area contributed by atoms with Crippen LogP contribution in [0.5, 0.6) is 11.5 Å². The summed E-state index contributed by atoms with van der Waals surface area (Å²) in [4.78, 5) is 53.3. The highest BCUT2D eigenvalue weighted by Crippen LogP contribution is 2.37. The summed E-state index contributed by atoms with van der Waals surface area (Å²) in [7, 11) is 4.61. The molecule has 0 unspecified atom stereocenters. The van der Waals surface area contributed by atoms with Gasteiger partial charge < -0.3 is 39.6 Å². The minimum atomic E-state index is -0.403. The number of esters is 1. The van der Waals surface area contributed by atoms with Gasteiger partial charge in [-0.1, -0.05) is 0 Å². The molecule has 2 aromatic carbocycles. The van der Waals surface area contributed by atoms with Crippen LogP contribution in [0, 0.1) is 0 Å². The fourth-order valence-corrected chi connectivity index (χ4v) is 6.99. The Morgan fingerprint density at radius 1 is 1.02 bits per heavy atom. The van der Waals surface area contributed by atoms with E-state index >= 15 is 0 Å². The van der Waals surface area contributed by atoms with Crippen molar-refractivity contribution in [2.45, 2.75) is 38.1 Å². The van der Waals surface area contributed by atoms with E-state index in [9.17, 15) is 19.2 Å². The summed E-state index contributed by atoms with van der Waals surface area (Å²) >= 11 is 1.32. The minimum absolute atomic E-state index is 0.00756. The van der Waals surface area contributed by atoms with Crippen molar-refractivity contribution in [2.24, 2.45) is 7.05 Å². The van der Waals surface area contributed by atoms with Crippen LogP contribution in [-0.4, -0.2) is 73.1 Å². The van der Waals surface area contributed by atoms with Crippen LogP contribution in [0.1, 0.15) is 62.6 Å². The van der Waals surface area contributed by atoms with E-state index in [1.807, 2.05) is 11.0 Å². The molecule has 246 valence electrons. The van der Waals surface area contributed by atoms with Gasteiger partial charge in [0.1, 0.15) is 10.6 Å². The zero-order valence-electron chi connectivity index (χ0n) is 26.5. The second-order valence-electron chi connectivity index (χ2n) is 11.6. The lowest BCUT2D eigenvalue weighted by Gasteiger charge is -2.34. The molecule has 13 heteroatoms. The molecule has 3 N–H and O–H groups in total. The van der Waals surface area contributed by atoms with Gasteiger partial charge in [0, 0.05) is 55.3 Å². The molecule has 0 bridgehead atoms. The Morgan fingerprint density at radius 2 is 1.87 bits per heavy atom. The van der Waals surface area contributed by atoms with Crippen molar-refractivity contribution in [3.8, 4) is 11.5 Å². The lowest BCUT2D eigenvalue weighted by molar-refractivity contribution is -0.116. The summed E-state index contributed by atoms with van der Waals surface area (Å²) in [5.41, 5.74) is 2.74. The van der Waals surface area contributed by atoms with Gasteiger partial charge in [-0.3, -0.25) is 14.4 Å². The quantitative estimate of drug-likeness (QED) is 0.150. The number of carbonyl (C=O) groups excluding carboxylic acids is 4. The number of hydrogen-bond donors (Lipinski definition) is 3. The van der Waals surface area contributed by atoms with Gasteiger partial charge in [-0.05, 0) is 67.5 Å². The van der Waals surface area contributed by atoms with E-state index in [1.165, 1.54) is 18.4 Å². The summed E-state index contributed by atoms with van der Waals surface area (Å²) in [6.07, 6.45) is 5.44. The number of fused-ring (bicyclic) bond motifs is 3. The highest BCUT2D eigenvalue weighted by molar-refractivity contribution is 7.20. The predicted octanol–water partition coefficient (Wildman–Crippen LogP) is 5.51. The third kappa shape index (κ3) is 6.89. The first-order valence-electron chi connectivity index (χ1n) is 15.5. The van der Waals surface area contributed by atoms with E-state index in [-0.39, 0.29) is 36.8 Å². The standard InChI is InChI=1S/C34H37N5O7S/c1-38-19-22(15-26(38)32(41)37-21-9-10-29-20(13-21)14-30(47-29)34(43)45-3)36-31(40)8-6-12-46-28-17-25-24(16-27(28)44-2)33(42)39-11-5-4-7-23(39)18-35-25/h9-10,13-17,19,23,35H,4-8,11-12,18H2,1-3H3,(H,36,40)(H,37,41)/t23-/m0/s1. The number of aromatic nitrogens is 1. The summed E-state index contributed by atoms with van der Waals surface area (Å²) in [6, 6.07) is 12.5. The van der Waals surface area contributed by atoms with Crippen LogP contribution in [0.15, 0.2) is 48.7 Å². The molecule has 47 heavy (non-hydrogen) atoms. The summed E-state index contributed by atoms with van der Waals surface area (Å²) in [5.74, 6) is 0.0228. The molecule has 12 nitrogen and oxygen atoms in total. The molecule has 0 spiro atoms. The van der Waals surface area contributed by atoms with Gasteiger partial charge in [0.15, 0.2) is 11.5 Å². The molecule has 6 rings (SSSR count). The van der Waals surface area contributed by atoms with Crippen LogP contribution in [0.4, 0.5) is 17.1 Å². The molecule has 1 atom stereocenters. The number of nitrogens with zero attached hydrogens (tertiary/aromatic N) is 2. The van der Waals surface area contributed by atoms with Crippen LogP contribution >= 0.6 is 11.3 Å². The Labute approximate surface area is 276 Å². The van der Waals surface area contributed by atoms with Crippen LogP contribution < -0.4 is 25.4 Å². The van der Waals surface area contributed by atoms with Crippen molar-refractivity contribution >= 4 is 62.2 Å². The maximum absolute atomic E-state index is 13.3. The molecule has 4 heterocycles. The number of anilines is 3. The molecule has 2 aliphatic heterocycles. The van der Waals surface area contributed by atoms with Crippen LogP contribution in [-0.2, 0) is 16.6 Å². The van der Waals surface area contributed by atoms with Crippen molar-refractivity contribution in [1.29, 1.82) is 0 Å². The van der Waals surface area contributed by atoms with Gasteiger partial charge in [-0.25, -0.2) is 4.79 Å². The van der Waals surface area contributed by atoms with Crippen molar-refractivity contribution < 1.29 is 33.4 Å². The van der Waals surface area contributed by atoms with Gasteiger partial charge in [-0.15, -0.1) is 11.3 Å². The lowest BCUT2D eigenvalue weighted by Crippen LogP contribution is -2.45. The van der Waals surface area contributed by atoms with Crippen LogP contribution in [0.2, 0.25) is 0 Å². The fourth-order valence-electron chi connectivity index (χ4n) is 6.03. The van der Waals surface area contributed by atoms with E-state index in [2.05, 4.69) is 16.0 Å². The Balaban J connectivity index is 1.01. The summed E-state index contributed by atoms with van der Waals surface area (Å²) < 4.78 is 18.9. The molecule has 1 fully saturated rings. The van der Waals surface area contributed by atoms with Crippen molar-refractivity contribution in [3.05, 3.63) is 64.8 Å². The first kappa shape index (κ1) is 31.9. The monoisotopic (exact) mass is 659 g/mol. The number of hydrogen-bond acceptors (Lipinski definition) is 9. The Morgan fingerprint density at radius 3 is 2.68 bits per heavy atom. The van der Waals surface area contributed by atoms with Gasteiger partial charge >= 0.3 is 5.97 Å². The third-order valence-electron chi connectivity index (χ3n) is 8.44. The smallest absolute Gasteiger partial charge is 0.348 e. The van der Waals surface area contributed by atoms with E-state index in [0.717, 1.165) is 41.6 Å². The fraction of sp³-hybridized carbons (Fsp3) is 0.353. The second-order valence-corrected chi connectivity index (χ2v) is 12.7. The van der Waals surface area contributed by atoms with Gasteiger partial charge in [-0.2, -0.15) is 0 Å². The first-order chi connectivity index (χ1) is 22.7. The van der Waals surface area contributed by atoms with Crippen molar-refractivity contribution in [2.75, 3.05) is 49.9 Å². The summed E-state index contributed by atoms with van der Waals surface area (Å²) in [6.45, 7) is 1.72. The van der Waals surface area contributed by atoms with Crippen molar-refractivity contribution in [1.82, 2.24) is 9.47 Å². The van der Waals surface area contributed by atoms with E-state index in [4.69, 9.17) is 14.2 Å². The largest absolute Gasteiger partial charge is 0.493 e. The molecule has 3 amide bonds. The number of aryl methyl sites for hydroxylation is 1. The van der Waals surface area contributed by atoms with Crippen molar-refractivity contribution in [3.63, 3.8) is 0 Å². The number of benzene rings is 2. The average Bonchev–Trinajstić information content (AvgIpc) is 3.63. The number of ether oxygens (including phenoxy) is 3. The molecule has 4 aromatic rings. The maximum atomic E-state index is 13.3. The molecule has 0 radical (unpaired) electrons. The maximum Gasteiger partial charge on any atom is 0.348 e. The van der Waals surface area contributed by atoms with Gasteiger partial charge in [0.2, 0.25) is 5.91 Å². The molecular formula is C34H37N5O7S. The number of carbonyl (C=O) groups is 4. The number of piperidine rings is 1. The zero-order valence-corrected chi connectivity index (χ0v) is 27.3. The molecule has 2 aliphatic rings. The van der Waals surface area contributed by atoms with Gasteiger partial charge in [0.05, 0.1) is 37.8 Å². The Kier molecular flexibility index (Phi) is 9.34. The van der Waals surface area contributed by atoms with E-state index < -0.39 is 5.97 Å². The van der Waals surface area contributed by atoms with E-state index in [1.54, 1.807) is 61.3 Å². The highest BCUT2D eigenvalue weighted by atomic mass is 32.1. The Bertz CT molecular complexity index is 1850. The molecule has 2 aromatic heterocycles. The second kappa shape index (κ2) is 13.8. The number of nitrogens with one attached hydrogen (secondary N) is 3. The zero-order chi connectivity index (χ0) is 33.1. The summed E-state index contributed by atoms with van der Waals surface area (Å²) in [5, 5.41) is 9.96. The minimum Gasteiger partial charge on any atom is -0.493 e. The molecule has 0 aliphatic carbocycles. The first-order valence-corrected chi connectivity index (χ1v) is 16.3. The third-order valence-corrected chi connectivity index (χ3v) is 9.53. The van der Waals surface area contributed by atoms with E-state index in [0.29, 0.717) is 52.0 Å². The average molecular weight is 660 g/mol. The number of amides is 3. The topological polar surface area (TPSA) is 140 Å². The van der Waals surface area contributed by atoms with Crippen LogP contribution in [0.3, 0.4) is 0 Å². The Hall–Kier alpha value is -5.04. The number of thiophene rings is 1. The number of rotatable bonds is 10. The molecular weight excluding hydrogens is 622 g/mol.